The van der Waals surface area contributed by atoms with Crippen molar-refractivity contribution in [2.45, 2.75) is 19.9 Å². The van der Waals surface area contributed by atoms with Crippen LogP contribution in [0.5, 0.6) is 0 Å². The standard InChI is InChI=1S/C20H20N6O2S/c1-12-21-16(11-29-12)20(28)25-8-13-7-17-23-24-18(26(17)10-14(13)9-25)19(27)22-15-5-3-2-4-6-15/h2-6,11,13-14H,7-10H2,1H3,(H,22,27)/t13-,14-/m0/s1. The van der Waals surface area contributed by atoms with Crippen LogP contribution in [0.15, 0.2) is 35.7 Å². The van der Waals surface area contributed by atoms with E-state index in [0.717, 1.165) is 22.9 Å². The first-order valence-corrected chi connectivity index (χ1v) is 10.5. The van der Waals surface area contributed by atoms with Gasteiger partial charge < -0.3 is 14.8 Å². The summed E-state index contributed by atoms with van der Waals surface area (Å²) in [5.74, 6) is 1.47. The molecule has 3 aromatic rings. The Balaban J connectivity index is 1.31. The number of anilines is 1. The number of carbonyl (C=O) groups is 2. The maximum atomic E-state index is 12.8. The van der Waals surface area contributed by atoms with E-state index in [9.17, 15) is 9.59 Å². The van der Waals surface area contributed by atoms with Gasteiger partial charge in [-0.2, -0.15) is 0 Å². The van der Waals surface area contributed by atoms with Gasteiger partial charge in [-0.05, 0) is 30.9 Å². The van der Waals surface area contributed by atoms with Crippen molar-refractivity contribution in [2.24, 2.45) is 11.8 Å². The molecule has 2 aliphatic heterocycles. The summed E-state index contributed by atoms with van der Waals surface area (Å²) < 4.78 is 1.90. The Bertz CT molecular complexity index is 1080. The number of para-hydroxylation sites is 1. The molecule has 2 aliphatic rings. The van der Waals surface area contributed by atoms with Gasteiger partial charge in [0.15, 0.2) is 0 Å². The van der Waals surface area contributed by atoms with Crippen LogP contribution in [-0.4, -0.2) is 49.6 Å². The molecule has 5 rings (SSSR count). The Hall–Kier alpha value is -3.07. The molecule has 1 N–H and O–H groups in total. The number of aryl methyl sites for hydroxylation is 1. The first-order chi connectivity index (χ1) is 14.1. The maximum Gasteiger partial charge on any atom is 0.293 e. The van der Waals surface area contributed by atoms with Crippen LogP contribution in [0.2, 0.25) is 0 Å². The summed E-state index contributed by atoms with van der Waals surface area (Å²) in [5.41, 5.74) is 1.24. The monoisotopic (exact) mass is 408 g/mol. The van der Waals surface area contributed by atoms with E-state index in [-0.39, 0.29) is 17.7 Å². The zero-order valence-electron chi connectivity index (χ0n) is 15.9. The average Bonchev–Trinajstić information content (AvgIpc) is 3.43. The van der Waals surface area contributed by atoms with Crippen molar-refractivity contribution in [2.75, 3.05) is 18.4 Å². The van der Waals surface area contributed by atoms with E-state index in [0.29, 0.717) is 37.1 Å². The molecule has 0 aliphatic carbocycles. The van der Waals surface area contributed by atoms with Crippen LogP contribution in [0.3, 0.4) is 0 Å². The molecular formula is C20H20N6O2S. The van der Waals surface area contributed by atoms with Crippen LogP contribution >= 0.6 is 11.3 Å². The van der Waals surface area contributed by atoms with Crippen molar-refractivity contribution in [3.8, 4) is 0 Å². The minimum atomic E-state index is -0.266. The molecule has 29 heavy (non-hydrogen) atoms. The molecule has 148 valence electrons. The molecule has 9 heteroatoms. The maximum absolute atomic E-state index is 12.8. The van der Waals surface area contributed by atoms with Crippen molar-refractivity contribution in [3.05, 3.63) is 58.1 Å². The molecule has 1 fully saturated rings. The number of aromatic nitrogens is 4. The fourth-order valence-electron chi connectivity index (χ4n) is 4.19. The third-order valence-corrected chi connectivity index (χ3v) is 6.40. The SMILES string of the molecule is Cc1nc(C(=O)N2C[C@@H]3Cc4nnc(C(=O)Nc5ccccc5)n4C[C@@H]3C2)cs1. The van der Waals surface area contributed by atoms with Gasteiger partial charge in [-0.25, -0.2) is 4.98 Å². The summed E-state index contributed by atoms with van der Waals surface area (Å²) in [6, 6.07) is 9.31. The van der Waals surface area contributed by atoms with Crippen LogP contribution in [0, 0.1) is 18.8 Å². The van der Waals surface area contributed by atoms with Gasteiger partial charge in [0.2, 0.25) is 5.82 Å². The van der Waals surface area contributed by atoms with Crippen LogP contribution in [0.1, 0.15) is 31.9 Å². The van der Waals surface area contributed by atoms with Crippen molar-refractivity contribution < 1.29 is 9.59 Å². The zero-order valence-corrected chi connectivity index (χ0v) is 16.7. The molecule has 0 bridgehead atoms. The minimum Gasteiger partial charge on any atom is -0.337 e. The number of rotatable bonds is 3. The Morgan fingerprint density at radius 3 is 2.66 bits per heavy atom. The van der Waals surface area contributed by atoms with E-state index in [1.54, 1.807) is 0 Å². The molecule has 2 aromatic heterocycles. The van der Waals surface area contributed by atoms with Gasteiger partial charge in [0.25, 0.3) is 11.8 Å². The average molecular weight is 408 g/mol. The number of nitrogens with zero attached hydrogens (tertiary/aromatic N) is 5. The second-order valence-corrected chi connectivity index (χ2v) is 8.62. The Labute approximate surface area is 171 Å². The first-order valence-electron chi connectivity index (χ1n) is 9.58. The number of hydrogen-bond donors (Lipinski definition) is 1. The van der Waals surface area contributed by atoms with Crippen LogP contribution < -0.4 is 5.32 Å². The van der Waals surface area contributed by atoms with Crippen LogP contribution in [0.4, 0.5) is 5.69 Å². The van der Waals surface area contributed by atoms with Gasteiger partial charge in [0.05, 0.1) is 5.01 Å². The predicted octanol–water partition coefficient (Wildman–Crippen LogP) is 2.24. The Kier molecular flexibility index (Phi) is 4.39. The van der Waals surface area contributed by atoms with Crippen molar-refractivity contribution in [1.82, 2.24) is 24.6 Å². The van der Waals surface area contributed by atoms with Gasteiger partial charge in [0.1, 0.15) is 11.5 Å². The Morgan fingerprint density at radius 1 is 1.10 bits per heavy atom. The predicted molar refractivity (Wildman–Crippen MR) is 108 cm³/mol. The lowest BCUT2D eigenvalue weighted by Gasteiger charge is -2.25. The number of nitrogens with one attached hydrogen (secondary N) is 1. The fourth-order valence-corrected chi connectivity index (χ4v) is 4.78. The van der Waals surface area contributed by atoms with E-state index in [4.69, 9.17) is 0 Å². The summed E-state index contributed by atoms with van der Waals surface area (Å²) in [7, 11) is 0. The highest BCUT2D eigenvalue weighted by atomic mass is 32.1. The van der Waals surface area contributed by atoms with Crippen molar-refractivity contribution >= 4 is 28.8 Å². The number of likely N-dealkylation sites (tertiary alicyclic amines) is 1. The van der Waals surface area contributed by atoms with E-state index in [1.165, 1.54) is 11.3 Å². The van der Waals surface area contributed by atoms with E-state index >= 15 is 0 Å². The number of carbonyl (C=O) groups excluding carboxylic acids is 2. The number of benzene rings is 1. The highest BCUT2D eigenvalue weighted by Crippen LogP contribution is 2.33. The minimum absolute atomic E-state index is 0.0124. The van der Waals surface area contributed by atoms with E-state index in [2.05, 4.69) is 20.5 Å². The molecule has 0 saturated carbocycles. The van der Waals surface area contributed by atoms with Crippen molar-refractivity contribution in [3.63, 3.8) is 0 Å². The summed E-state index contributed by atoms with van der Waals surface area (Å²) in [6.45, 7) is 3.90. The fraction of sp³-hybridized carbons (Fsp3) is 0.350. The molecule has 1 aromatic carbocycles. The summed E-state index contributed by atoms with van der Waals surface area (Å²) in [5, 5.41) is 14.0. The smallest absolute Gasteiger partial charge is 0.293 e. The lowest BCUT2D eigenvalue weighted by molar-refractivity contribution is 0.0778. The number of amides is 2. The van der Waals surface area contributed by atoms with Crippen LogP contribution in [0.25, 0.3) is 0 Å². The van der Waals surface area contributed by atoms with Gasteiger partial charge >= 0.3 is 0 Å². The first kappa shape index (κ1) is 18.0. The molecular weight excluding hydrogens is 388 g/mol. The largest absolute Gasteiger partial charge is 0.337 e. The van der Waals surface area contributed by atoms with E-state index in [1.807, 2.05) is 52.1 Å². The highest BCUT2D eigenvalue weighted by Gasteiger charge is 2.41. The van der Waals surface area contributed by atoms with Crippen molar-refractivity contribution in [1.29, 1.82) is 0 Å². The molecule has 0 unspecified atom stereocenters. The lowest BCUT2D eigenvalue weighted by atomic mass is 9.89. The summed E-state index contributed by atoms with van der Waals surface area (Å²) in [6.07, 6.45) is 0.718. The third-order valence-electron chi connectivity index (χ3n) is 5.63. The normalized spacial score (nSPS) is 20.2. The highest BCUT2D eigenvalue weighted by molar-refractivity contribution is 7.09. The second-order valence-electron chi connectivity index (χ2n) is 7.56. The van der Waals surface area contributed by atoms with Gasteiger partial charge in [0, 0.05) is 37.1 Å². The Morgan fingerprint density at radius 2 is 1.90 bits per heavy atom. The number of hydrogen-bond acceptors (Lipinski definition) is 6. The molecule has 1 saturated heterocycles. The molecule has 8 nitrogen and oxygen atoms in total. The summed E-state index contributed by atoms with van der Waals surface area (Å²) >= 11 is 1.49. The molecule has 0 radical (unpaired) electrons. The molecule has 2 atom stereocenters. The molecule has 4 heterocycles. The number of fused-ring (bicyclic) bond motifs is 2. The topological polar surface area (TPSA) is 93.0 Å². The lowest BCUT2D eigenvalue weighted by Crippen LogP contribution is -2.31. The summed E-state index contributed by atoms with van der Waals surface area (Å²) in [4.78, 5) is 31.7. The van der Waals surface area contributed by atoms with Gasteiger partial charge in [-0.15, -0.1) is 21.5 Å². The third kappa shape index (κ3) is 3.31. The van der Waals surface area contributed by atoms with Gasteiger partial charge in [-0.3, -0.25) is 9.59 Å². The second kappa shape index (κ2) is 7.07. The molecule has 2 amide bonds. The van der Waals surface area contributed by atoms with Crippen LogP contribution in [-0.2, 0) is 13.0 Å². The van der Waals surface area contributed by atoms with E-state index < -0.39 is 0 Å². The number of thiazole rings is 1. The quantitative estimate of drug-likeness (QED) is 0.717. The zero-order chi connectivity index (χ0) is 20.0. The molecule has 0 spiro atoms. The van der Waals surface area contributed by atoms with Gasteiger partial charge in [-0.1, -0.05) is 18.2 Å².